The number of ether oxygens (including phenoxy) is 1. The fourth-order valence-electron chi connectivity index (χ4n) is 2.25. The molecule has 1 aromatic rings. The number of hydrogen-bond donors (Lipinski definition) is 2. The van der Waals surface area contributed by atoms with E-state index in [0.29, 0.717) is 13.1 Å². The fourth-order valence-corrected chi connectivity index (χ4v) is 2.25. The third-order valence-electron chi connectivity index (χ3n) is 3.90. The Morgan fingerprint density at radius 2 is 2.05 bits per heavy atom. The zero-order valence-corrected chi connectivity index (χ0v) is 11.4. The van der Waals surface area contributed by atoms with Crippen molar-refractivity contribution >= 4 is 5.91 Å². The first-order valence-electron chi connectivity index (χ1n) is 6.80. The lowest BCUT2D eigenvalue weighted by Gasteiger charge is -2.40. The SMILES string of the molecule is Cc1ccc(OCC(=O)NCC2(CN)CCC2)cc1. The maximum atomic E-state index is 11.7. The van der Waals surface area contributed by atoms with Crippen molar-refractivity contribution in [1.82, 2.24) is 5.32 Å². The van der Waals surface area contributed by atoms with Gasteiger partial charge in [0.2, 0.25) is 0 Å². The summed E-state index contributed by atoms with van der Waals surface area (Å²) in [4.78, 5) is 11.7. The highest BCUT2D eigenvalue weighted by Crippen LogP contribution is 2.38. The molecule has 0 atom stereocenters. The smallest absolute Gasteiger partial charge is 0.257 e. The average molecular weight is 262 g/mol. The van der Waals surface area contributed by atoms with Gasteiger partial charge in [0.1, 0.15) is 5.75 Å². The quantitative estimate of drug-likeness (QED) is 0.818. The van der Waals surface area contributed by atoms with Crippen molar-refractivity contribution in [1.29, 1.82) is 0 Å². The van der Waals surface area contributed by atoms with Crippen LogP contribution in [0.15, 0.2) is 24.3 Å². The normalized spacial score (nSPS) is 16.5. The first-order valence-corrected chi connectivity index (χ1v) is 6.80. The molecule has 0 aliphatic heterocycles. The first-order chi connectivity index (χ1) is 9.13. The van der Waals surface area contributed by atoms with Crippen LogP contribution in [0, 0.1) is 12.3 Å². The molecule has 0 spiro atoms. The summed E-state index contributed by atoms with van der Waals surface area (Å²) < 4.78 is 5.43. The van der Waals surface area contributed by atoms with Crippen LogP contribution in [-0.2, 0) is 4.79 Å². The van der Waals surface area contributed by atoms with E-state index >= 15 is 0 Å². The highest BCUT2D eigenvalue weighted by molar-refractivity contribution is 5.77. The van der Waals surface area contributed by atoms with Crippen molar-refractivity contribution in [2.24, 2.45) is 11.1 Å². The van der Waals surface area contributed by atoms with Crippen LogP contribution in [0.1, 0.15) is 24.8 Å². The number of aryl methyl sites for hydroxylation is 1. The van der Waals surface area contributed by atoms with Crippen molar-refractivity contribution in [3.05, 3.63) is 29.8 Å². The van der Waals surface area contributed by atoms with Crippen molar-refractivity contribution < 1.29 is 9.53 Å². The molecule has 1 fully saturated rings. The molecule has 1 saturated carbocycles. The van der Waals surface area contributed by atoms with Crippen LogP contribution in [0.4, 0.5) is 0 Å². The van der Waals surface area contributed by atoms with Crippen LogP contribution >= 0.6 is 0 Å². The highest BCUT2D eigenvalue weighted by atomic mass is 16.5. The van der Waals surface area contributed by atoms with Crippen LogP contribution in [-0.4, -0.2) is 25.6 Å². The summed E-state index contributed by atoms with van der Waals surface area (Å²) in [6.07, 6.45) is 3.44. The zero-order chi connectivity index (χ0) is 13.7. The summed E-state index contributed by atoms with van der Waals surface area (Å²) in [7, 11) is 0. The molecule has 0 bridgehead atoms. The molecular formula is C15H22N2O2. The Kier molecular flexibility index (Phi) is 4.43. The molecule has 3 N–H and O–H groups in total. The fraction of sp³-hybridized carbons (Fsp3) is 0.533. The van der Waals surface area contributed by atoms with Gasteiger partial charge in [0.15, 0.2) is 6.61 Å². The molecule has 0 saturated heterocycles. The predicted molar refractivity (Wildman–Crippen MR) is 75.0 cm³/mol. The lowest BCUT2D eigenvalue weighted by molar-refractivity contribution is -0.123. The van der Waals surface area contributed by atoms with E-state index in [1.54, 1.807) is 0 Å². The summed E-state index contributed by atoms with van der Waals surface area (Å²) >= 11 is 0. The van der Waals surface area contributed by atoms with Gasteiger partial charge in [-0.2, -0.15) is 0 Å². The van der Waals surface area contributed by atoms with Crippen LogP contribution in [0.3, 0.4) is 0 Å². The minimum atomic E-state index is -0.0831. The second kappa shape index (κ2) is 6.06. The molecule has 1 aliphatic carbocycles. The lowest BCUT2D eigenvalue weighted by atomic mass is 9.69. The number of hydrogen-bond acceptors (Lipinski definition) is 3. The van der Waals surface area contributed by atoms with Gasteiger partial charge in [-0.25, -0.2) is 0 Å². The molecule has 104 valence electrons. The molecule has 2 rings (SSSR count). The van der Waals surface area contributed by atoms with Gasteiger partial charge in [-0.15, -0.1) is 0 Å². The summed E-state index contributed by atoms with van der Waals surface area (Å²) in [5, 5.41) is 2.91. The standard InChI is InChI=1S/C15H22N2O2/c1-12-3-5-13(6-4-12)19-9-14(18)17-11-15(10-16)7-2-8-15/h3-6H,2,7-11,16H2,1H3,(H,17,18). The van der Waals surface area contributed by atoms with E-state index in [1.807, 2.05) is 31.2 Å². The van der Waals surface area contributed by atoms with Gasteiger partial charge < -0.3 is 15.8 Å². The molecule has 4 nitrogen and oxygen atoms in total. The Bertz CT molecular complexity index is 419. The lowest BCUT2D eigenvalue weighted by Crippen LogP contribution is -2.47. The molecule has 4 heteroatoms. The van der Waals surface area contributed by atoms with Gasteiger partial charge in [-0.1, -0.05) is 24.1 Å². The number of carbonyl (C=O) groups is 1. The number of nitrogens with two attached hydrogens (primary N) is 1. The van der Waals surface area contributed by atoms with Gasteiger partial charge in [-0.3, -0.25) is 4.79 Å². The second-order valence-corrected chi connectivity index (χ2v) is 5.44. The Labute approximate surface area is 114 Å². The Morgan fingerprint density at radius 3 is 2.58 bits per heavy atom. The number of benzene rings is 1. The zero-order valence-electron chi connectivity index (χ0n) is 11.4. The van der Waals surface area contributed by atoms with Crippen molar-refractivity contribution in [2.75, 3.05) is 19.7 Å². The van der Waals surface area contributed by atoms with Gasteiger partial charge in [0.05, 0.1) is 0 Å². The number of rotatable bonds is 6. The van der Waals surface area contributed by atoms with E-state index in [1.165, 1.54) is 12.0 Å². The topological polar surface area (TPSA) is 64.3 Å². The van der Waals surface area contributed by atoms with E-state index < -0.39 is 0 Å². The molecule has 0 heterocycles. The average Bonchev–Trinajstić information content (AvgIpc) is 2.37. The Morgan fingerprint density at radius 1 is 1.37 bits per heavy atom. The minimum Gasteiger partial charge on any atom is -0.484 e. The van der Waals surface area contributed by atoms with Gasteiger partial charge in [-0.05, 0) is 43.9 Å². The molecule has 0 unspecified atom stereocenters. The predicted octanol–water partition coefficient (Wildman–Crippen LogP) is 1.62. The maximum absolute atomic E-state index is 11.7. The summed E-state index contributed by atoms with van der Waals surface area (Å²) in [5.74, 6) is 0.637. The summed E-state index contributed by atoms with van der Waals surface area (Å²) in [6, 6.07) is 7.67. The number of amides is 1. The third kappa shape index (κ3) is 3.70. The van der Waals surface area contributed by atoms with Crippen molar-refractivity contribution in [2.45, 2.75) is 26.2 Å². The van der Waals surface area contributed by atoms with Crippen molar-refractivity contribution in [3.8, 4) is 5.75 Å². The van der Waals surface area contributed by atoms with Gasteiger partial charge in [0.25, 0.3) is 5.91 Å². The highest BCUT2D eigenvalue weighted by Gasteiger charge is 2.35. The summed E-state index contributed by atoms with van der Waals surface area (Å²) in [5.41, 5.74) is 7.06. The molecule has 1 amide bonds. The van der Waals surface area contributed by atoms with E-state index in [-0.39, 0.29) is 17.9 Å². The first kappa shape index (κ1) is 13.9. The maximum Gasteiger partial charge on any atom is 0.257 e. The molecule has 1 aromatic carbocycles. The van der Waals surface area contributed by atoms with Crippen LogP contribution in [0.5, 0.6) is 5.75 Å². The molecule has 1 aliphatic rings. The van der Waals surface area contributed by atoms with Crippen molar-refractivity contribution in [3.63, 3.8) is 0 Å². The number of nitrogens with one attached hydrogen (secondary N) is 1. The molecular weight excluding hydrogens is 240 g/mol. The molecule has 0 radical (unpaired) electrons. The van der Waals surface area contributed by atoms with E-state index in [9.17, 15) is 4.79 Å². The Balaban J connectivity index is 1.71. The number of carbonyl (C=O) groups excluding carboxylic acids is 1. The summed E-state index contributed by atoms with van der Waals surface area (Å²) in [6.45, 7) is 3.39. The van der Waals surface area contributed by atoms with E-state index in [2.05, 4.69) is 5.32 Å². The molecule has 0 aromatic heterocycles. The monoisotopic (exact) mass is 262 g/mol. The van der Waals surface area contributed by atoms with Gasteiger partial charge in [0, 0.05) is 6.54 Å². The van der Waals surface area contributed by atoms with Crippen LogP contribution in [0.2, 0.25) is 0 Å². The van der Waals surface area contributed by atoms with Crippen LogP contribution < -0.4 is 15.8 Å². The van der Waals surface area contributed by atoms with Gasteiger partial charge >= 0.3 is 0 Å². The molecule has 19 heavy (non-hydrogen) atoms. The minimum absolute atomic E-state index is 0.0592. The Hall–Kier alpha value is -1.55. The van der Waals surface area contributed by atoms with E-state index in [0.717, 1.165) is 18.6 Å². The second-order valence-electron chi connectivity index (χ2n) is 5.44. The largest absolute Gasteiger partial charge is 0.484 e. The van der Waals surface area contributed by atoms with Crippen LogP contribution in [0.25, 0.3) is 0 Å². The van der Waals surface area contributed by atoms with E-state index in [4.69, 9.17) is 10.5 Å². The third-order valence-corrected chi connectivity index (χ3v) is 3.90.